The van der Waals surface area contributed by atoms with Crippen molar-refractivity contribution < 1.29 is 32.3 Å². The molecule has 1 aliphatic heterocycles. The van der Waals surface area contributed by atoms with Crippen LogP contribution in [0.15, 0.2) is 53.6 Å². The van der Waals surface area contributed by atoms with Crippen LogP contribution in [0.4, 0.5) is 0 Å². The van der Waals surface area contributed by atoms with Crippen molar-refractivity contribution in [2.45, 2.75) is 56.0 Å². The number of rotatable bonds is 11. The number of unbranched alkanes of at least 4 members (excludes halogenated alkanes) is 1. The molecule has 1 amide bonds. The minimum atomic E-state index is -4.58. The van der Waals surface area contributed by atoms with Crippen molar-refractivity contribution in [1.29, 1.82) is 0 Å². The van der Waals surface area contributed by atoms with Crippen LogP contribution in [0.3, 0.4) is 0 Å². The number of esters is 2. The number of hydrogen-bond acceptors (Lipinski definition) is 9. The maximum Gasteiger partial charge on any atom is 0.337 e. The zero-order valence-corrected chi connectivity index (χ0v) is 23.3. The summed E-state index contributed by atoms with van der Waals surface area (Å²) in [5.41, 5.74) is 7.06. The number of ether oxygens (including phenoxy) is 2. The molecule has 2 heterocycles. The van der Waals surface area contributed by atoms with E-state index >= 15 is 0 Å². The molecule has 0 bridgehead atoms. The molecule has 214 valence electrons. The fourth-order valence-electron chi connectivity index (χ4n) is 4.70. The summed E-state index contributed by atoms with van der Waals surface area (Å²) in [6.07, 6.45) is 3.33. The Morgan fingerprint density at radius 1 is 1.12 bits per heavy atom. The van der Waals surface area contributed by atoms with Crippen molar-refractivity contribution in [3.05, 3.63) is 59.8 Å². The first kappa shape index (κ1) is 29.2. The molecule has 1 fully saturated rings. The van der Waals surface area contributed by atoms with Gasteiger partial charge in [-0.15, -0.1) is 0 Å². The SMILES string of the molecule is COc1ccc2[nH]cc(C(=O)N([C@@H](CCCCN)C(=O)OC(=O)[C@@H]3CCCN3)S(=O)(=O)c3ccc(C)cc3)c2c1. The second-order valence-corrected chi connectivity index (χ2v) is 11.5. The van der Waals surface area contributed by atoms with Crippen LogP contribution < -0.4 is 15.8 Å². The van der Waals surface area contributed by atoms with E-state index < -0.39 is 40.0 Å². The Morgan fingerprint density at radius 2 is 1.88 bits per heavy atom. The molecule has 0 spiro atoms. The molecule has 4 rings (SSSR count). The lowest BCUT2D eigenvalue weighted by Gasteiger charge is -2.29. The Bertz CT molecular complexity index is 1480. The third-order valence-corrected chi connectivity index (χ3v) is 8.74. The van der Waals surface area contributed by atoms with Gasteiger partial charge < -0.3 is 25.5 Å². The van der Waals surface area contributed by atoms with Gasteiger partial charge in [0.25, 0.3) is 15.9 Å². The molecule has 1 aliphatic rings. The second-order valence-electron chi connectivity index (χ2n) is 9.72. The van der Waals surface area contributed by atoms with Crippen LogP contribution in [0.5, 0.6) is 5.75 Å². The molecule has 1 saturated heterocycles. The van der Waals surface area contributed by atoms with Crippen LogP contribution in [-0.4, -0.2) is 67.8 Å². The fraction of sp³-hybridized carbons (Fsp3) is 0.393. The summed E-state index contributed by atoms with van der Waals surface area (Å²) in [5, 5.41) is 3.37. The minimum Gasteiger partial charge on any atom is -0.497 e. The number of aromatic nitrogens is 1. The molecule has 40 heavy (non-hydrogen) atoms. The van der Waals surface area contributed by atoms with Crippen LogP contribution in [-0.2, 0) is 24.3 Å². The topological polar surface area (TPSA) is 161 Å². The predicted octanol–water partition coefficient (Wildman–Crippen LogP) is 2.64. The molecular weight excluding hydrogens is 536 g/mol. The van der Waals surface area contributed by atoms with Gasteiger partial charge in [0.1, 0.15) is 17.8 Å². The van der Waals surface area contributed by atoms with Crippen molar-refractivity contribution in [3.8, 4) is 5.75 Å². The van der Waals surface area contributed by atoms with E-state index in [1.54, 1.807) is 37.3 Å². The number of hydrogen-bond donors (Lipinski definition) is 3. The standard InChI is InChI=1S/C28H34N4O7S/c1-18-8-11-20(12-9-18)40(36,37)32(26(33)22-17-31-23-13-10-19(38-2)16-21(22)23)25(7-3-4-14-29)28(35)39-27(34)24-6-5-15-30-24/h8-13,16-17,24-25,30-31H,3-7,14-15,29H2,1-2H3/t24-,25-/m0/s1. The summed E-state index contributed by atoms with van der Waals surface area (Å²) in [4.78, 5) is 43.2. The van der Waals surface area contributed by atoms with Gasteiger partial charge in [-0.2, -0.15) is 0 Å². The second kappa shape index (κ2) is 12.6. The molecule has 1 aromatic heterocycles. The maximum absolute atomic E-state index is 14.2. The average molecular weight is 571 g/mol. The number of carbonyl (C=O) groups excluding carboxylic acids is 3. The van der Waals surface area contributed by atoms with Crippen LogP contribution in [0.25, 0.3) is 10.9 Å². The van der Waals surface area contributed by atoms with E-state index in [1.807, 2.05) is 0 Å². The van der Waals surface area contributed by atoms with Gasteiger partial charge in [0.2, 0.25) is 0 Å². The van der Waals surface area contributed by atoms with E-state index in [-0.39, 0.29) is 16.9 Å². The average Bonchev–Trinajstić information content (AvgIpc) is 3.63. The van der Waals surface area contributed by atoms with Gasteiger partial charge in [-0.1, -0.05) is 17.7 Å². The summed E-state index contributed by atoms with van der Waals surface area (Å²) < 4.78 is 39.2. The Balaban J connectivity index is 1.81. The molecule has 12 heteroatoms. The molecule has 0 aliphatic carbocycles. The Morgan fingerprint density at radius 3 is 2.52 bits per heavy atom. The number of nitrogens with two attached hydrogens (primary N) is 1. The maximum atomic E-state index is 14.2. The van der Waals surface area contributed by atoms with E-state index in [2.05, 4.69) is 10.3 Å². The van der Waals surface area contributed by atoms with Gasteiger partial charge in [0.15, 0.2) is 0 Å². The highest BCUT2D eigenvalue weighted by molar-refractivity contribution is 7.89. The van der Waals surface area contributed by atoms with Crippen molar-refractivity contribution in [2.75, 3.05) is 20.2 Å². The summed E-state index contributed by atoms with van der Waals surface area (Å²) in [6, 6.07) is 8.67. The fourth-order valence-corrected chi connectivity index (χ4v) is 6.25. The number of amides is 1. The van der Waals surface area contributed by atoms with E-state index in [0.717, 1.165) is 12.0 Å². The number of nitrogens with zero attached hydrogens (tertiary/aromatic N) is 1. The predicted molar refractivity (Wildman–Crippen MR) is 148 cm³/mol. The van der Waals surface area contributed by atoms with E-state index in [4.69, 9.17) is 15.2 Å². The quantitative estimate of drug-likeness (QED) is 0.179. The Labute approximate surface area is 233 Å². The monoisotopic (exact) mass is 570 g/mol. The van der Waals surface area contributed by atoms with Gasteiger partial charge in [-0.25, -0.2) is 22.3 Å². The lowest BCUT2D eigenvalue weighted by atomic mass is 10.1. The number of carbonyl (C=O) groups is 3. The van der Waals surface area contributed by atoms with Crippen LogP contribution in [0.1, 0.15) is 48.0 Å². The van der Waals surface area contributed by atoms with E-state index in [0.29, 0.717) is 53.3 Å². The van der Waals surface area contributed by atoms with Gasteiger partial charge >= 0.3 is 11.9 Å². The number of H-pyrrole nitrogens is 1. The Hall–Kier alpha value is -3.74. The third kappa shape index (κ3) is 6.19. The van der Waals surface area contributed by atoms with Crippen molar-refractivity contribution in [3.63, 3.8) is 0 Å². The van der Waals surface area contributed by atoms with E-state index in [9.17, 15) is 22.8 Å². The smallest absolute Gasteiger partial charge is 0.337 e. The van der Waals surface area contributed by atoms with E-state index in [1.165, 1.54) is 25.4 Å². The molecule has 2 aromatic carbocycles. The molecule has 0 saturated carbocycles. The molecule has 0 unspecified atom stereocenters. The molecule has 0 radical (unpaired) electrons. The minimum absolute atomic E-state index is 0.0185. The van der Waals surface area contributed by atoms with Crippen LogP contribution >= 0.6 is 0 Å². The Kier molecular flexibility index (Phi) is 9.23. The molecule has 4 N–H and O–H groups in total. The summed E-state index contributed by atoms with van der Waals surface area (Å²) in [7, 11) is -3.11. The van der Waals surface area contributed by atoms with Crippen LogP contribution in [0, 0.1) is 6.92 Å². The lowest BCUT2D eigenvalue weighted by molar-refractivity contribution is -0.163. The largest absolute Gasteiger partial charge is 0.497 e. The summed E-state index contributed by atoms with van der Waals surface area (Å²) >= 11 is 0. The first-order chi connectivity index (χ1) is 19.2. The first-order valence-corrected chi connectivity index (χ1v) is 14.6. The number of benzene rings is 2. The van der Waals surface area contributed by atoms with Crippen molar-refractivity contribution in [2.24, 2.45) is 5.73 Å². The number of sulfonamides is 1. The van der Waals surface area contributed by atoms with Gasteiger partial charge in [-0.3, -0.25) is 4.79 Å². The van der Waals surface area contributed by atoms with Crippen molar-refractivity contribution >= 4 is 38.8 Å². The van der Waals surface area contributed by atoms with Crippen molar-refractivity contribution in [1.82, 2.24) is 14.6 Å². The number of nitrogens with one attached hydrogen (secondary N) is 2. The zero-order chi connectivity index (χ0) is 28.9. The van der Waals surface area contributed by atoms with Crippen LogP contribution in [0.2, 0.25) is 0 Å². The number of methoxy groups -OCH3 is 1. The number of fused-ring (bicyclic) bond motifs is 1. The highest BCUT2D eigenvalue weighted by Crippen LogP contribution is 2.30. The van der Waals surface area contributed by atoms with Gasteiger partial charge in [-0.05, 0) is 82.4 Å². The number of aromatic amines is 1. The lowest BCUT2D eigenvalue weighted by Crippen LogP contribution is -2.50. The van der Waals surface area contributed by atoms with Gasteiger partial charge in [0.05, 0.1) is 17.6 Å². The van der Waals surface area contributed by atoms with Gasteiger partial charge in [0, 0.05) is 17.1 Å². The molecule has 2 atom stereocenters. The molecular formula is C28H34N4O7S. The number of aryl methyl sites for hydroxylation is 1. The highest BCUT2D eigenvalue weighted by Gasteiger charge is 2.42. The third-order valence-electron chi connectivity index (χ3n) is 6.93. The molecule has 11 nitrogen and oxygen atoms in total. The summed E-state index contributed by atoms with van der Waals surface area (Å²) in [5.74, 6) is -2.40. The molecule has 3 aromatic rings. The zero-order valence-electron chi connectivity index (χ0n) is 22.5. The normalized spacial score (nSPS) is 16.0. The first-order valence-electron chi connectivity index (χ1n) is 13.2. The highest BCUT2D eigenvalue weighted by atomic mass is 32.2. The summed E-state index contributed by atoms with van der Waals surface area (Å²) in [6.45, 7) is 2.70.